The minimum atomic E-state index is 0.0381. The van der Waals surface area contributed by atoms with Gasteiger partial charge in [0.15, 0.2) is 0 Å². The third kappa shape index (κ3) is 2.62. The number of nitrogens with zero attached hydrogens (tertiary/aromatic N) is 3. The number of aromatic nitrogens is 2. The van der Waals surface area contributed by atoms with Crippen LogP contribution in [0.4, 0.5) is 0 Å². The van der Waals surface area contributed by atoms with E-state index in [-0.39, 0.29) is 5.57 Å². The monoisotopic (exact) mass is 250 g/mol. The normalized spacial score (nSPS) is 9.21. The summed E-state index contributed by atoms with van der Waals surface area (Å²) in [6.07, 6.45) is 3.08. The number of nitriles is 2. The molecular formula is C14H10N4O. The maximum atomic E-state index is 8.77. The zero-order valence-corrected chi connectivity index (χ0v) is 10.2. The summed E-state index contributed by atoms with van der Waals surface area (Å²) in [5.41, 5.74) is 2.39. The first-order valence-electron chi connectivity index (χ1n) is 5.48. The molecule has 19 heavy (non-hydrogen) atoms. The first kappa shape index (κ1) is 12.4. The Balaban J connectivity index is 2.42. The Morgan fingerprint density at radius 1 is 1.26 bits per heavy atom. The summed E-state index contributed by atoms with van der Waals surface area (Å²) in [6, 6.07) is 11.1. The van der Waals surface area contributed by atoms with Gasteiger partial charge in [-0.25, -0.2) is 0 Å². The molecule has 92 valence electrons. The Morgan fingerprint density at radius 3 is 2.53 bits per heavy atom. The highest BCUT2D eigenvalue weighted by Crippen LogP contribution is 2.25. The number of nitrogens with one attached hydrogen (secondary N) is 1. The van der Waals surface area contributed by atoms with E-state index in [2.05, 4.69) is 10.2 Å². The van der Waals surface area contributed by atoms with E-state index in [4.69, 9.17) is 15.3 Å². The molecule has 0 fully saturated rings. The number of benzene rings is 1. The highest BCUT2D eigenvalue weighted by Gasteiger charge is 2.07. The molecule has 5 heteroatoms. The summed E-state index contributed by atoms with van der Waals surface area (Å²) < 4.78 is 5.09. The summed E-state index contributed by atoms with van der Waals surface area (Å²) >= 11 is 0. The van der Waals surface area contributed by atoms with Gasteiger partial charge in [-0.2, -0.15) is 15.6 Å². The van der Waals surface area contributed by atoms with E-state index in [1.807, 2.05) is 36.4 Å². The summed E-state index contributed by atoms with van der Waals surface area (Å²) in [5.74, 6) is 0.759. The van der Waals surface area contributed by atoms with Crippen LogP contribution in [0.25, 0.3) is 17.3 Å². The van der Waals surface area contributed by atoms with Crippen molar-refractivity contribution in [1.29, 1.82) is 10.5 Å². The SMILES string of the molecule is COc1ccc(-c2[nH]ncc2C=C(C#N)C#N)cc1. The van der Waals surface area contributed by atoms with Gasteiger partial charge < -0.3 is 4.74 Å². The van der Waals surface area contributed by atoms with Crippen LogP contribution in [0, 0.1) is 22.7 Å². The van der Waals surface area contributed by atoms with Crippen molar-refractivity contribution in [1.82, 2.24) is 10.2 Å². The van der Waals surface area contributed by atoms with Gasteiger partial charge in [-0.1, -0.05) is 0 Å². The van der Waals surface area contributed by atoms with Crippen LogP contribution in [0.3, 0.4) is 0 Å². The van der Waals surface area contributed by atoms with Crippen molar-refractivity contribution < 1.29 is 4.74 Å². The minimum Gasteiger partial charge on any atom is -0.497 e. The highest BCUT2D eigenvalue weighted by atomic mass is 16.5. The van der Waals surface area contributed by atoms with Crippen molar-refractivity contribution in [3.8, 4) is 29.1 Å². The molecule has 1 N–H and O–H groups in total. The molecule has 0 amide bonds. The average Bonchev–Trinajstić information content (AvgIpc) is 2.93. The number of rotatable bonds is 3. The summed E-state index contributed by atoms with van der Waals surface area (Å²) in [7, 11) is 1.60. The number of H-pyrrole nitrogens is 1. The van der Waals surface area contributed by atoms with E-state index in [0.29, 0.717) is 5.56 Å². The van der Waals surface area contributed by atoms with Gasteiger partial charge >= 0.3 is 0 Å². The summed E-state index contributed by atoms with van der Waals surface area (Å²) in [5, 5.41) is 24.3. The first-order chi connectivity index (χ1) is 9.28. The molecule has 2 aromatic rings. The zero-order chi connectivity index (χ0) is 13.7. The van der Waals surface area contributed by atoms with Crippen LogP contribution in [0.5, 0.6) is 5.75 Å². The maximum absolute atomic E-state index is 8.77. The topological polar surface area (TPSA) is 85.5 Å². The second-order valence-corrected chi connectivity index (χ2v) is 3.71. The molecule has 2 rings (SSSR count). The van der Waals surface area contributed by atoms with Crippen LogP contribution in [-0.4, -0.2) is 17.3 Å². The van der Waals surface area contributed by atoms with Gasteiger partial charge in [0.05, 0.1) is 19.0 Å². The molecule has 1 heterocycles. The average molecular weight is 250 g/mol. The molecule has 0 unspecified atom stereocenters. The number of aromatic amines is 1. The predicted molar refractivity (Wildman–Crippen MR) is 69.8 cm³/mol. The molecule has 5 nitrogen and oxygen atoms in total. The highest BCUT2D eigenvalue weighted by molar-refractivity contribution is 5.75. The van der Waals surface area contributed by atoms with Crippen LogP contribution in [0.15, 0.2) is 36.0 Å². The Labute approximate surface area is 110 Å². The largest absolute Gasteiger partial charge is 0.497 e. The van der Waals surface area contributed by atoms with Crippen LogP contribution >= 0.6 is 0 Å². The van der Waals surface area contributed by atoms with Gasteiger partial charge in [-0.15, -0.1) is 0 Å². The van der Waals surface area contributed by atoms with Crippen LogP contribution in [-0.2, 0) is 0 Å². The number of methoxy groups -OCH3 is 1. The fraction of sp³-hybridized carbons (Fsp3) is 0.0714. The fourth-order valence-electron chi connectivity index (χ4n) is 1.64. The van der Waals surface area contributed by atoms with Crippen LogP contribution in [0.1, 0.15) is 5.56 Å². The predicted octanol–water partition coefficient (Wildman–Crippen LogP) is 2.52. The van der Waals surface area contributed by atoms with E-state index < -0.39 is 0 Å². The van der Waals surface area contributed by atoms with Crippen molar-refractivity contribution in [2.75, 3.05) is 7.11 Å². The molecule has 0 spiro atoms. The van der Waals surface area contributed by atoms with E-state index in [1.165, 1.54) is 6.08 Å². The smallest absolute Gasteiger partial charge is 0.130 e. The first-order valence-corrected chi connectivity index (χ1v) is 5.48. The zero-order valence-electron chi connectivity index (χ0n) is 10.2. The van der Waals surface area contributed by atoms with E-state index >= 15 is 0 Å². The lowest BCUT2D eigenvalue weighted by atomic mass is 10.1. The van der Waals surface area contributed by atoms with Crippen LogP contribution < -0.4 is 4.74 Å². The van der Waals surface area contributed by atoms with Gasteiger partial charge in [0, 0.05) is 11.1 Å². The van der Waals surface area contributed by atoms with E-state index in [1.54, 1.807) is 13.3 Å². The summed E-state index contributed by atoms with van der Waals surface area (Å²) in [4.78, 5) is 0. The van der Waals surface area contributed by atoms with Crippen molar-refractivity contribution in [2.24, 2.45) is 0 Å². The third-order valence-electron chi connectivity index (χ3n) is 2.59. The lowest BCUT2D eigenvalue weighted by molar-refractivity contribution is 0.415. The quantitative estimate of drug-likeness (QED) is 0.848. The van der Waals surface area contributed by atoms with Gasteiger partial charge in [0.25, 0.3) is 0 Å². The molecule has 0 saturated heterocycles. The lowest BCUT2D eigenvalue weighted by Crippen LogP contribution is -1.85. The molecule has 0 saturated carbocycles. The van der Waals surface area contributed by atoms with Gasteiger partial charge in [0.1, 0.15) is 23.5 Å². The Morgan fingerprint density at radius 2 is 1.95 bits per heavy atom. The van der Waals surface area contributed by atoms with Crippen molar-refractivity contribution in [3.05, 3.63) is 41.6 Å². The number of ether oxygens (including phenoxy) is 1. The maximum Gasteiger partial charge on any atom is 0.130 e. The molecule has 0 aliphatic heterocycles. The Hall–Kier alpha value is -3.05. The number of hydrogen-bond acceptors (Lipinski definition) is 4. The fourth-order valence-corrected chi connectivity index (χ4v) is 1.64. The van der Waals surface area contributed by atoms with E-state index in [9.17, 15) is 0 Å². The molecule has 0 radical (unpaired) electrons. The van der Waals surface area contributed by atoms with Gasteiger partial charge in [-0.05, 0) is 30.3 Å². The van der Waals surface area contributed by atoms with Crippen LogP contribution in [0.2, 0.25) is 0 Å². The standard InChI is InChI=1S/C14H10N4O/c1-19-13-4-2-11(3-5-13)14-12(9-17-18-14)6-10(7-15)8-16/h2-6,9H,1H3,(H,17,18). The molecule has 0 aliphatic carbocycles. The third-order valence-corrected chi connectivity index (χ3v) is 2.59. The summed E-state index contributed by atoms with van der Waals surface area (Å²) in [6.45, 7) is 0. The Kier molecular flexibility index (Phi) is 3.61. The molecule has 0 bridgehead atoms. The van der Waals surface area contributed by atoms with Crippen molar-refractivity contribution in [2.45, 2.75) is 0 Å². The van der Waals surface area contributed by atoms with Gasteiger partial charge in [0.2, 0.25) is 0 Å². The number of allylic oxidation sites excluding steroid dienone is 1. The van der Waals surface area contributed by atoms with Crippen molar-refractivity contribution >= 4 is 6.08 Å². The van der Waals surface area contributed by atoms with Gasteiger partial charge in [-0.3, -0.25) is 5.10 Å². The lowest BCUT2D eigenvalue weighted by Gasteiger charge is -2.02. The number of hydrogen-bond donors (Lipinski definition) is 1. The minimum absolute atomic E-state index is 0.0381. The molecule has 1 aromatic heterocycles. The Bertz CT molecular complexity index is 667. The second kappa shape index (κ2) is 5.52. The second-order valence-electron chi connectivity index (χ2n) is 3.71. The molecule has 0 aliphatic rings. The van der Waals surface area contributed by atoms with E-state index in [0.717, 1.165) is 17.0 Å². The van der Waals surface area contributed by atoms with Crippen molar-refractivity contribution in [3.63, 3.8) is 0 Å². The molecule has 0 atom stereocenters. The molecule has 1 aromatic carbocycles. The molecular weight excluding hydrogens is 240 g/mol.